The van der Waals surface area contributed by atoms with E-state index in [0.717, 1.165) is 0 Å². The summed E-state index contributed by atoms with van der Waals surface area (Å²) in [6, 6.07) is -2.67. The van der Waals surface area contributed by atoms with Crippen molar-refractivity contribution < 1.29 is 19.1 Å². The highest BCUT2D eigenvalue weighted by Crippen LogP contribution is 2.07. The molecule has 5 N–H and O–H groups in total. The fourth-order valence-corrected chi connectivity index (χ4v) is 1.49. The molecule has 2 amide bonds. The number of amides is 2. The Morgan fingerprint density at radius 3 is 2.00 bits per heavy atom. The molecule has 0 heterocycles. The molecule has 0 rings (SSSR count). The lowest BCUT2D eigenvalue weighted by molar-refractivity contribution is -0.162. The molecular formula is C12H23N3O4. The average molecular weight is 273 g/mol. The summed E-state index contributed by atoms with van der Waals surface area (Å²) in [6.07, 6.45) is 0.418. The van der Waals surface area contributed by atoms with Crippen LogP contribution in [-0.4, -0.2) is 30.1 Å². The Labute approximate surface area is 113 Å². The highest BCUT2D eigenvalue weighted by Gasteiger charge is 2.29. The summed E-state index contributed by atoms with van der Waals surface area (Å²) in [7, 11) is 0. The van der Waals surface area contributed by atoms with Gasteiger partial charge in [-0.2, -0.15) is 0 Å². The first-order valence-electron chi connectivity index (χ1n) is 6.22. The van der Waals surface area contributed by atoms with Gasteiger partial charge in [-0.25, -0.2) is 14.4 Å². The molecule has 7 heteroatoms. The highest BCUT2D eigenvalue weighted by molar-refractivity contribution is 5.92. The maximum Gasteiger partial charge on any atom is 0.336 e. The predicted octanol–water partition coefficient (Wildman–Crippen LogP) is 0.123. The van der Waals surface area contributed by atoms with Crippen LogP contribution in [0.1, 0.15) is 34.1 Å². The summed E-state index contributed by atoms with van der Waals surface area (Å²) in [5, 5.41) is 2.24. The van der Waals surface area contributed by atoms with Gasteiger partial charge in [0.05, 0.1) is 0 Å². The molecule has 0 aliphatic rings. The second-order valence-electron chi connectivity index (χ2n) is 5.21. The minimum Gasteiger partial charge on any atom is -0.390 e. The Hall–Kier alpha value is -1.63. The van der Waals surface area contributed by atoms with Crippen molar-refractivity contribution in [3.05, 3.63) is 0 Å². The van der Waals surface area contributed by atoms with Crippen molar-refractivity contribution in [3.63, 3.8) is 0 Å². The van der Waals surface area contributed by atoms with E-state index in [4.69, 9.17) is 11.5 Å². The highest BCUT2D eigenvalue weighted by atomic mass is 16.6. The first kappa shape index (κ1) is 17.4. The van der Waals surface area contributed by atoms with Crippen LogP contribution >= 0.6 is 0 Å². The maximum absolute atomic E-state index is 11.8. The van der Waals surface area contributed by atoms with E-state index >= 15 is 0 Å². The van der Waals surface area contributed by atoms with E-state index in [-0.39, 0.29) is 11.8 Å². The molecule has 0 aromatic carbocycles. The van der Waals surface area contributed by atoms with Gasteiger partial charge in [0.25, 0.3) is 0 Å². The molecule has 0 aromatic heterocycles. The van der Waals surface area contributed by atoms with Crippen LogP contribution in [0.5, 0.6) is 0 Å². The summed E-state index contributed by atoms with van der Waals surface area (Å²) < 4.78 is 4.66. The largest absolute Gasteiger partial charge is 0.390 e. The van der Waals surface area contributed by atoms with Crippen molar-refractivity contribution in [1.82, 2.24) is 5.32 Å². The van der Waals surface area contributed by atoms with Gasteiger partial charge < -0.3 is 21.5 Å². The van der Waals surface area contributed by atoms with E-state index in [2.05, 4.69) is 10.1 Å². The number of primary amides is 1. The average Bonchev–Trinajstić information content (AvgIpc) is 2.23. The van der Waals surface area contributed by atoms with Gasteiger partial charge in [-0.05, 0) is 18.3 Å². The van der Waals surface area contributed by atoms with E-state index in [1.165, 1.54) is 0 Å². The number of ether oxygens (including phenoxy) is 1. The van der Waals surface area contributed by atoms with Crippen LogP contribution < -0.4 is 16.8 Å². The molecule has 19 heavy (non-hydrogen) atoms. The maximum atomic E-state index is 11.8. The lowest BCUT2D eigenvalue weighted by Crippen LogP contribution is -2.49. The van der Waals surface area contributed by atoms with Crippen LogP contribution in [0, 0.1) is 11.8 Å². The zero-order valence-corrected chi connectivity index (χ0v) is 11.8. The molecule has 0 bridgehead atoms. The molecule has 0 saturated heterocycles. The van der Waals surface area contributed by atoms with Crippen molar-refractivity contribution in [1.29, 1.82) is 0 Å². The minimum absolute atomic E-state index is 0.210. The number of nitrogens with two attached hydrogens (primary N) is 2. The van der Waals surface area contributed by atoms with Gasteiger partial charge in [0.1, 0.15) is 12.1 Å². The number of nitrogens with one attached hydrogen (secondary N) is 1. The summed E-state index contributed by atoms with van der Waals surface area (Å²) in [4.78, 5) is 34.1. The van der Waals surface area contributed by atoms with Gasteiger partial charge in [0.2, 0.25) is 0 Å². The normalized spacial score (nSPS) is 14.1. The standard InChI is InChI=1S/C12H23N3O4/c1-6(2)5-8(13)10(16)19-11(17)9(7(3)4)15-12(14)18/h6-9H,5,13H2,1-4H3,(H3,14,15,18)/t8-,9-/m0/s1. The van der Waals surface area contributed by atoms with Crippen molar-refractivity contribution in [2.45, 2.75) is 46.2 Å². The third kappa shape index (κ3) is 6.76. The smallest absolute Gasteiger partial charge is 0.336 e. The first-order valence-corrected chi connectivity index (χ1v) is 6.22. The molecule has 0 saturated carbocycles. The van der Waals surface area contributed by atoms with Gasteiger partial charge in [0.15, 0.2) is 0 Å². The Morgan fingerprint density at radius 1 is 1.11 bits per heavy atom. The zero-order chi connectivity index (χ0) is 15.2. The topological polar surface area (TPSA) is 125 Å². The fourth-order valence-electron chi connectivity index (χ4n) is 1.49. The first-order chi connectivity index (χ1) is 8.65. The molecule has 7 nitrogen and oxygen atoms in total. The minimum atomic E-state index is -0.965. The molecule has 0 aliphatic heterocycles. The van der Waals surface area contributed by atoms with E-state index < -0.39 is 30.1 Å². The molecule has 0 fully saturated rings. The molecular weight excluding hydrogens is 250 g/mol. The van der Waals surface area contributed by atoms with Crippen LogP contribution in [0.25, 0.3) is 0 Å². The Bertz CT molecular complexity index is 342. The monoisotopic (exact) mass is 273 g/mol. The quantitative estimate of drug-likeness (QED) is 0.468. The van der Waals surface area contributed by atoms with E-state index in [1.54, 1.807) is 13.8 Å². The van der Waals surface area contributed by atoms with E-state index in [0.29, 0.717) is 6.42 Å². The van der Waals surface area contributed by atoms with Gasteiger partial charge in [-0.15, -0.1) is 0 Å². The number of urea groups is 1. The van der Waals surface area contributed by atoms with Crippen molar-refractivity contribution >= 4 is 18.0 Å². The van der Waals surface area contributed by atoms with Crippen LogP contribution in [0.15, 0.2) is 0 Å². The van der Waals surface area contributed by atoms with Gasteiger partial charge >= 0.3 is 18.0 Å². The van der Waals surface area contributed by atoms with Crippen molar-refractivity contribution in [2.75, 3.05) is 0 Å². The zero-order valence-electron chi connectivity index (χ0n) is 11.8. The summed E-state index contributed by atoms with van der Waals surface area (Å²) in [5.41, 5.74) is 10.6. The SMILES string of the molecule is CC(C)C[C@H](N)C(=O)OC(=O)[C@@H](NC(N)=O)C(C)C. The van der Waals surface area contributed by atoms with Crippen molar-refractivity contribution in [2.24, 2.45) is 23.3 Å². The third-order valence-corrected chi connectivity index (χ3v) is 2.45. The molecule has 0 spiro atoms. The van der Waals surface area contributed by atoms with E-state index in [1.807, 2.05) is 13.8 Å². The second kappa shape index (κ2) is 7.73. The third-order valence-electron chi connectivity index (χ3n) is 2.45. The Balaban J connectivity index is 4.55. The van der Waals surface area contributed by atoms with E-state index in [9.17, 15) is 14.4 Å². The Morgan fingerprint density at radius 2 is 1.63 bits per heavy atom. The number of hydrogen-bond donors (Lipinski definition) is 3. The van der Waals surface area contributed by atoms with Gasteiger partial charge in [0, 0.05) is 0 Å². The summed E-state index contributed by atoms with van der Waals surface area (Å²) >= 11 is 0. The van der Waals surface area contributed by atoms with Gasteiger partial charge in [-0.3, -0.25) is 0 Å². The molecule has 0 aliphatic carbocycles. The number of hydrogen-bond acceptors (Lipinski definition) is 5. The fraction of sp³-hybridized carbons (Fsp3) is 0.750. The number of esters is 2. The number of carbonyl (C=O) groups is 3. The van der Waals surface area contributed by atoms with Crippen LogP contribution in [-0.2, 0) is 14.3 Å². The van der Waals surface area contributed by atoms with Gasteiger partial charge in [-0.1, -0.05) is 27.7 Å². The second-order valence-corrected chi connectivity index (χ2v) is 5.21. The lowest BCUT2D eigenvalue weighted by atomic mass is 10.0. The lowest BCUT2D eigenvalue weighted by Gasteiger charge is -2.20. The summed E-state index contributed by atoms with van der Waals surface area (Å²) in [6.45, 7) is 7.20. The predicted molar refractivity (Wildman–Crippen MR) is 69.9 cm³/mol. The molecule has 0 unspecified atom stereocenters. The van der Waals surface area contributed by atoms with Crippen LogP contribution in [0.4, 0.5) is 4.79 Å². The van der Waals surface area contributed by atoms with Crippen LogP contribution in [0.2, 0.25) is 0 Å². The summed E-state index contributed by atoms with van der Waals surface area (Å²) in [5.74, 6) is -1.69. The molecule has 0 aromatic rings. The van der Waals surface area contributed by atoms with Crippen molar-refractivity contribution in [3.8, 4) is 0 Å². The molecule has 110 valence electrons. The molecule has 0 radical (unpaired) electrons. The number of rotatable bonds is 6. The molecule has 2 atom stereocenters. The van der Waals surface area contributed by atoms with Crippen LogP contribution in [0.3, 0.4) is 0 Å². The Kier molecular flexibility index (Phi) is 7.06. The number of carbonyl (C=O) groups excluding carboxylic acids is 3.